The molecule has 3 rings (SSSR count). The molecule has 0 spiro atoms. The van der Waals surface area contributed by atoms with E-state index in [0.717, 1.165) is 37.6 Å². The van der Waals surface area contributed by atoms with Crippen LogP contribution in [0.2, 0.25) is 5.02 Å². The van der Waals surface area contributed by atoms with Crippen molar-refractivity contribution in [1.82, 2.24) is 14.6 Å². The molecule has 134 valence electrons. The van der Waals surface area contributed by atoms with Crippen molar-refractivity contribution in [2.24, 2.45) is 0 Å². The Morgan fingerprint density at radius 1 is 1.28 bits per heavy atom. The number of benzene rings is 1. The zero-order valence-corrected chi connectivity index (χ0v) is 15.6. The monoisotopic (exact) mass is 380 g/mol. The number of hydrogen-bond acceptors (Lipinski definition) is 5. The average Bonchev–Trinajstić information content (AvgIpc) is 2.62. The summed E-state index contributed by atoms with van der Waals surface area (Å²) in [5.41, 5.74) is 2.55. The second-order valence-corrected chi connectivity index (χ2v) is 8.21. The first-order chi connectivity index (χ1) is 12.0. The van der Waals surface area contributed by atoms with Crippen LogP contribution in [-0.2, 0) is 23.0 Å². The summed E-state index contributed by atoms with van der Waals surface area (Å²) in [4.78, 5) is 6.68. The van der Waals surface area contributed by atoms with Gasteiger partial charge in [0.05, 0.1) is 0 Å². The van der Waals surface area contributed by atoms with Gasteiger partial charge in [0.1, 0.15) is 10.7 Å². The largest absolute Gasteiger partial charge is 0.369 e. The van der Waals surface area contributed by atoms with Gasteiger partial charge in [-0.1, -0.05) is 23.7 Å². The number of nitrogens with one attached hydrogen (secondary N) is 2. The van der Waals surface area contributed by atoms with Gasteiger partial charge in [0.25, 0.3) is 0 Å². The quantitative estimate of drug-likeness (QED) is 0.802. The number of pyridine rings is 1. The summed E-state index contributed by atoms with van der Waals surface area (Å²) in [7, 11) is -2.06. The molecule has 1 aliphatic rings. The van der Waals surface area contributed by atoms with Gasteiger partial charge in [-0.15, -0.1) is 0 Å². The lowest BCUT2D eigenvalue weighted by Crippen LogP contribution is -2.34. The Labute approximate surface area is 153 Å². The lowest BCUT2D eigenvalue weighted by atomic mass is 10.00. The highest BCUT2D eigenvalue weighted by atomic mass is 35.5. The molecule has 0 amide bonds. The van der Waals surface area contributed by atoms with Crippen LogP contribution in [0.3, 0.4) is 0 Å². The number of nitrogens with zero attached hydrogens (tertiary/aromatic N) is 2. The third-order valence-corrected chi connectivity index (χ3v) is 6.09. The molecule has 2 heterocycles. The molecule has 1 aromatic carbocycles. The number of fused-ring (bicyclic) bond motifs is 1. The molecule has 2 aromatic rings. The zero-order chi connectivity index (χ0) is 17.9. The molecule has 0 saturated carbocycles. The van der Waals surface area contributed by atoms with Crippen LogP contribution < -0.4 is 10.0 Å². The van der Waals surface area contributed by atoms with Crippen LogP contribution in [0.15, 0.2) is 41.4 Å². The molecule has 1 aliphatic heterocycles. The Hall–Kier alpha value is -1.67. The van der Waals surface area contributed by atoms with Gasteiger partial charge in [0.2, 0.25) is 10.0 Å². The van der Waals surface area contributed by atoms with Crippen molar-refractivity contribution in [3.8, 4) is 0 Å². The third-order valence-electron chi connectivity index (χ3n) is 4.34. The van der Waals surface area contributed by atoms with Crippen LogP contribution in [0.1, 0.15) is 11.1 Å². The molecule has 0 atom stereocenters. The van der Waals surface area contributed by atoms with Crippen LogP contribution in [0.25, 0.3) is 0 Å². The highest BCUT2D eigenvalue weighted by Gasteiger charge is 2.17. The van der Waals surface area contributed by atoms with Crippen molar-refractivity contribution in [1.29, 1.82) is 0 Å². The maximum Gasteiger partial charge on any atom is 0.241 e. The van der Waals surface area contributed by atoms with Gasteiger partial charge in [-0.05, 0) is 42.8 Å². The molecule has 8 heteroatoms. The van der Waals surface area contributed by atoms with Crippen LogP contribution in [0.5, 0.6) is 0 Å². The van der Waals surface area contributed by atoms with Crippen molar-refractivity contribution in [2.45, 2.75) is 17.9 Å². The van der Waals surface area contributed by atoms with E-state index in [9.17, 15) is 8.42 Å². The predicted octanol–water partition coefficient (Wildman–Crippen LogP) is 2.11. The van der Waals surface area contributed by atoms with E-state index in [2.05, 4.69) is 26.0 Å². The van der Waals surface area contributed by atoms with Gasteiger partial charge in [0.15, 0.2) is 0 Å². The van der Waals surface area contributed by atoms with Crippen molar-refractivity contribution in [3.05, 3.63) is 52.7 Å². The number of rotatable bonds is 6. The SMILES string of the molecule is CNS(=O)(=O)c1ccc(NCCN2CCc3c(Cl)cccc3C2)nc1. The fourth-order valence-corrected chi connectivity index (χ4v) is 3.88. The minimum atomic E-state index is -3.44. The van der Waals surface area contributed by atoms with E-state index in [-0.39, 0.29) is 4.90 Å². The highest BCUT2D eigenvalue weighted by Crippen LogP contribution is 2.25. The fourth-order valence-electron chi connectivity index (χ4n) is 2.92. The third kappa shape index (κ3) is 4.30. The van der Waals surface area contributed by atoms with E-state index >= 15 is 0 Å². The topological polar surface area (TPSA) is 74.3 Å². The van der Waals surface area contributed by atoms with Crippen molar-refractivity contribution < 1.29 is 8.42 Å². The van der Waals surface area contributed by atoms with Crippen molar-refractivity contribution in [2.75, 3.05) is 32.0 Å². The summed E-state index contributed by atoms with van der Waals surface area (Å²) in [5, 5.41) is 4.09. The number of sulfonamides is 1. The van der Waals surface area contributed by atoms with Crippen molar-refractivity contribution >= 4 is 27.4 Å². The first kappa shape index (κ1) is 18.1. The van der Waals surface area contributed by atoms with Crippen molar-refractivity contribution in [3.63, 3.8) is 0 Å². The fraction of sp³-hybridized carbons (Fsp3) is 0.353. The predicted molar refractivity (Wildman–Crippen MR) is 99.4 cm³/mol. The molecule has 6 nitrogen and oxygen atoms in total. The number of anilines is 1. The Morgan fingerprint density at radius 2 is 2.12 bits per heavy atom. The molecular formula is C17H21ClN4O2S. The van der Waals surface area contributed by atoms with Crippen LogP contribution >= 0.6 is 11.6 Å². The van der Waals surface area contributed by atoms with E-state index in [1.165, 1.54) is 24.4 Å². The second kappa shape index (κ2) is 7.70. The standard InChI is InChI=1S/C17H21ClN4O2S/c1-19-25(23,24)14-5-6-17(21-11-14)20-8-10-22-9-7-15-13(12-22)3-2-4-16(15)18/h2-6,11,19H,7-10,12H2,1H3,(H,20,21). The Balaban J connectivity index is 1.52. The number of halogens is 1. The van der Waals surface area contributed by atoms with E-state index in [0.29, 0.717) is 5.82 Å². The van der Waals surface area contributed by atoms with Gasteiger partial charge in [0, 0.05) is 37.4 Å². The Bertz CT molecular complexity index is 840. The molecule has 25 heavy (non-hydrogen) atoms. The minimum Gasteiger partial charge on any atom is -0.369 e. The molecule has 2 N–H and O–H groups in total. The number of hydrogen-bond donors (Lipinski definition) is 2. The summed E-state index contributed by atoms with van der Waals surface area (Å²) < 4.78 is 25.6. The Morgan fingerprint density at radius 3 is 2.84 bits per heavy atom. The molecule has 0 aliphatic carbocycles. The molecule has 0 bridgehead atoms. The van der Waals surface area contributed by atoms with Gasteiger partial charge < -0.3 is 5.32 Å². The highest BCUT2D eigenvalue weighted by molar-refractivity contribution is 7.89. The van der Waals surface area contributed by atoms with Crippen LogP contribution in [0.4, 0.5) is 5.82 Å². The molecule has 0 unspecified atom stereocenters. The van der Waals surface area contributed by atoms with E-state index in [1.54, 1.807) is 12.1 Å². The number of aromatic nitrogens is 1. The summed E-state index contributed by atoms with van der Waals surface area (Å²) in [6, 6.07) is 9.29. The summed E-state index contributed by atoms with van der Waals surface area (Å²) >= 11 is 6.24. The maximum atomic E-state index is 11.7. The first-order valence-corrected chi connectivity index (χ1v) is 9.98. The van der Waals surface area contributed by atoms with Crippen LogP contribution in [-0.4, -0.2) is 45.0 Å². The van der Waals surface area contributed by atoms with E-state index < -0.39 is 10.0 Å². The van der Waals surface area contributed by atoms with E-state index in [4.69, 9.17) is 11.6 Å². The normalized spacial score (nSPS) is 15.0. The summed E-state index contributed by atoms with van der Waals surface area (Å²) in [5.74, 6) is 0.663. The van der Waals surface area contributed by atoms with Gasteiger partial charge in [-0.3, -0.25) is 4.90 Å². The molecular weight excluding hydrogens is 360 g/mol. The smallest absolute Gasteiger partial charge is 0.241 e. The zero-order valence-electron chi connectivity index (χ0n) is 14.0. The van der Waals surface area contributed by atoms with E-state index in [1.807, 2.05) is 12.1 Å². The Kier molecular flexibility index (Phi) is 5.58. The summed E-state index contributed by atoms with van der Waals surface area (Å²) in [6.07, 6.45) is 2.32. The van der Waals surface area contributed by atoms with Crippen LogP contribution in [0, 0.1) is 0 Å². The minimum absolute atomic E-state index is 0.157. The van der Waals surface area contributed by atoms with Gasteiger partial charge >= 0.3 is 0 Å². The molecule has 0 radical (unpaired) electrons. The average molecular weight is 381 g/mol. The lowest BCUT2D eigenvalue weighted by Gasteiger charge is -2.29. The lowest BCUT2D eigenvalue weighted by molar-refractivity contribution is 0.264. The molecule has 0 fully saturated rings. The van der Waals surface area contributed by atoms with Gasteiger partial charge in [-0.2, -0.15) is 0 Å². The summed E-state index contributed by atoms with van der Waals surface area (Å²) in [6.45, 7) is 3.49. The molecule has 1 aromatic heterocycles. The van der Waals surface area contributed by atoms with Gasteiger partial charge in [-0.25, -0.2) is 18.1 Å². The maximum absolute atomic E-state index is 11.7. The first-order valence-electron chi connectivity index (χ1n) is 8.12. The second-order valence-electron chi connectivity index (χ2n) is 5.92. The molecule has 0 saturated heterocycles.